The number of rotatable bonds is 3. The zero-order valence-electron chi connectivity index (χ0n) is 8.75. The lowest BCUT2D eigenvalue weighted by Crippen LogP contribution is -2.12. The first-order valence-electron chi connectivity index (χ1n) is 5.01. The van der Waals surface area contributed by atoms with Crippen LogP contribution in [0, 0.1) is 5.82 Å². The summed E-state index contributed by atoms with van der Waals surface area (Å²) in [4.78, 5) is 4.33. The van der Waals surface area contributed by atoms with Gasteiger partial charge in [-0.05, 0) is 25.5 Å². The molecule has 1 N–H and O–H groups in total. The molecule has 0 bridgehead atoms. The largest absolute Gasteiger partial charge is 0.359 e. The molecule has 0 fully saturated rings. The Morgan fingerprint density at radius 1 is 1.53 bits per heavy atom. The average Bonchev–Trinajstić information content (AvgIpc) is 2.59. The van der Waals surface area contributed by atoms with Crippen LogP contribution in [0.25, 0.3) is 10.2 Å². The minimum absolute atomic E-state index is 0.233. The van der Waals surface area contributed by atoms with Crippen molar-refractivity contribution in [1.29, 1.82) is 0 Å². The second kappa shape index (κ2) is 4.14. The Morgan fingerprint density at radius 3 is 3.07 bits per heavy atom. The van der Waals surface area contributed by atoms with Crippen molar-refractivity contribution in [2.45, 2.75) is 26.3 Å². The quantitative estimate of drug-likeness (QED) is 0.860. The number of nitrogens with zero attached hydrogens (tertiary/aromatic N) is 1. The monoisotopic (exact) mass is 224 g/mol. The van der Waals surface area contributed by atoms with E-state index in [1.807, 2.05) is 0 Å². The predicted molar refractivity (Wildman–Crippen MR) is 63.0 cm³/mol. The van der Waals surface area contributed by atoms with Crippen LogP contribution in [0.5, 0.6) is 0 Å². The van der Waals surface area contributed by atoms with E-state index in [2.05, 4.69) is 24.1 Å². The van der Waals surface area contributed by atoms with Crippen LogP contribution in [0.2, 0.25) is 0 Å². The Labute approximate surface area is 92.1 Å². The highest BCUT2D eigenvalue weighted by Crippen LogP contribution is 2.26. The zero-order chi connectivity index (χ0) is 10.8. The van der Waals surface area contributed by atoms with E-state index in [1.54, 1.807) is 17.4 Å². The molecule has 1 aromatic heterocycles. The molecule has 0 saturated carbocycles. The standard InChI is InChI=1S/C11H13FN2S/c1-3-7(2)13-11-14-9-6-8(12)4-5-10(9)15-11/h4-7H,3H2,1-2H3,(H,13,14). The van der Waals surface area contributed by atoms with Gasteiger partial charge in [0.15, 0.2) is 5.13 Å². The van der Waals surface area contributed by atoms with E-state index in [9.17, 15) is 4.39 Å². The van der Waals surface area contributed by atoms with Crippen molar-refractivity contribution in [2.24, 2.45) is 0 Å². The van der Waals surface area contributed by atoms with Crippen molar-refractivity contribution in [3.05, 3.63) is 24.0 Å². The molecule has 15 heavy (non-hydrogen) atoms. The Kier molecular flexibility index (Phi) is 2.86. The lowest BCUT2D eigenvalue weighted by Gasteiger charge is -2.08. The molecule has 1 heterocycles. The van der Waals surface area contributed by atoms with E-state index >= 15 is 0 Å². The fourth-order valence-electron chi connectivity index (χ4n) is 1.28. The molecule has 0 amide bonds. The predicted octanol–water partition coefficient (Wildman–Crippen LogP) is 3.65. The molecule has 0 aliphatic rings. The molecule has 0 aliphatic heterocycles. The van der Waals surface area contributed by atoms with Crippen molar-refractivity contribution in [1.82, 2.24) is 4.98 Å². The minimum Gasteiger partial charge on any atom is -0.359 e. The van der Waals surface area contributed by atoms with Crippen LogP contribution in [-0.4, -0.2) is 11.0 Å². The second-order valence-corrected chi connectivity index (χ2v) is 4.62. The molecular formula is C11H13FN2S. The highest BCUT2D eigenvalue weighted by atomic mass is 32.1. The maximum Gasteiger partial charge on any atom is 0.184 e. The zero-order valence-corrected chi connectivity index (χ0v) is 9.57. The number of thiazole rings is 1. The summed E-state index contributed by atoms with van der Waals surface area (Å²) in [5.41, 5.74) is 0.728. The van der Waals surface area contributed by atoms with Gasteiger partial charge in [-0.3, -0.25) is 0 Å². The first-order valence-corrected chi connectivity index (χ1v) is 5.83. The van der Waals surface area contributed by atoms with Gasteiger partial charge >= 0.3 is 0 Å². The van der Waals surface area contributed by atoms with E-state index in [0.29, 0.717) is 6.04 Å². The molecular weight excluding hydrogens is 211 g/mol. The number of nitrogens with one attached hydrogen (secondary N) is 1. The smallest absolute Gasteiger partial charge is 0.184 e. The van der Waals surface area contributed by atoms with Gasteiger partial charge in [-0.15, -0.1) is 0 Å². The summed E-state index contributed by atoms with van der Waals surface area (Å²) in [6.07, 6.45) is 1.05. The Morgan fingerprint density at radius 2 is 2.33 bits per heavy atom. The molecule has 1 unspecified atom stereocenters. The average molecular weight is 224 g/mol. The fourth-order valence-corrected chi connectivity index (χ4v) is 2.23. The maximum absolute atomic E-state index is 12.9. The van der Waals surface area contributed by atoms with Crippen LogP contribution < -0.4 is 5.32 Å². The maximum atomic E-state index is 12.9. The molecule has 0 spiro atoms. The SMILES string of the molecule is CCC(C)Nc1nc2cc(F)ccc2s1. The lowest BCUT2D eigenvalue weighted by molar-refractivity contribution is 0.629. The van der Waals surface area contributed by atoms with Gasteiger partial charge in [0.1, 0.15) is 5.82 Å². The summed E-state index contributed by atoms with van der Waals surface area (Å²) in [5.74, 6) is -0.233. The normalized spacial score (nSPS) is 13.0. The Balaban J connectivity index is 2.30. The summed E-state index contributed by atoms with van der Waals surface area (Å²) in [5, 5.41) is 4.15. The molecule has 4 heteroatoms. The lowest BCUT2D eigenvalue weighted by atomic mass is 10.3. The number of halogens is 1. The van der Waals surface area contributed by atoms with Crippen molar-refractivity contribution < 1.29 is 4.39 Å². The molecule has 1 atom stereocenters. The van der Waals surface area contributed by atoms with E-state index < -0.39 is 0 Å². The van der Waals surface area contributed by atoms with Gasteiger partial charge in [-0.1, -0.05) is 18.3 Å². The van der Waals surface area contributed by atoms with Crippen molar-refractivity contribution in [2.75, 3.05) is 5.32 Å². The number of fused-ring (bicyclic) bond motifs is 1. The van der Waals surface area contributed by atoms with Gasteiger partial charge in [-0.2, -0.15) is 0 Å². The number of hydrogen-bond donors (Lipinski definition) is 1. The van der Waals surface area contributed by atoms with Crippen molar-refractivity contribution >= 4 is 26.7 Å². The minimum atomic E-state index is -0.233. The van der Waals surface area contributed by atoms with E-state index in [0.717, 1.165) is 21.8 Å². The highest BCUT2D eigenvalue weighted by molar-refractivity contribution is 7.22. The van der Waals surface area contributed by atoms with Gasteiger partial charge in [0, 0.05) is 12.1 Å². The van der Waals surface area contributed by atoms with Gasteiger partial charge in [0.25, 0.3) is 0 Å². The first kappa shape index (κ1) is 10.4. The third kappa shape index (κ3) is 2.26. The number of anilines is 1. The number of benzene rings is 1. The first-order chi connectivity index (χ1) is 7.19. The van der Waals surface area contributed by atoms with Gasteiger partial charge < -0.3 is 5.32 Å². The topological polar surface area (TPSA) is 24.9 Å². The molecule has 80 valence electrons. The van der Waals surface area contributed by atoms with Crippen molar-refractivity contribution in [3.63, 3.8) is 0 Å². The summed E-state index contributed by atoms with van der Waals surface area (Å²) < 4.78 is 13.9. The van der Waals surface area contributed by atoms with Crippen LogP contribution in [0.15, 0.2) is 18.2 Å². The van der Waals surface area contributed by atoms with Crippen LogP contribution in [0.3, 0.4) is 0 Å². The van der Waals surface area contributed by atoms with E-state index in [-0.39, 0.29) is 5.82 Å². The van der Waals surface area contributed by atoms with Crippen LogP contribution in [0.1, 0.15) is 20.3 Å². The van der Waals surface area contributed by atoms with Gasteiger partial charge in [0.05, 0.1) is 10.2 Å². The van der Waals surface area contributed by atoms with Crippen LogP contribution in [0.4, 0.5) is 9.52 Å². The van der Waals surface area contributed by atoms with Gasteiger partial charge in [0.2, 0.25) is 0 Å². The second-order valence-electron chi connectivity index (χ2n) is 3.58. The molecule has 1 aromatic carbocycles. The summed E-state index contributed by atoms with van der Waals surface area (Å²) in [6.45, 7) is 4.22. The highest BCUT2D eigenvalue weighted by Gasteiger charge is 2.06. The Bertz CT molecular complexity index is 467. The van der Waals surface area contributed by atoms with Crippen molar-refractivity contribution in [3.8, 4) is 0 Å². The van der Waals surface area contributed by atoms with E-state index in [4.69, 9.17) is 0 Å². The summed E-state index contributed by atoms with van der Waals surface area (Å²) in [7, 11) is 0. The van der Waals surface area contributed by atoms with Gasteiger partial charge in [-0.25, -0.2) is 9.37 Å². The third-order valence-electron chi connectivity index (χ3n) is 2.33. The molecule has 0 radical (unpaired) electrons. The molecule has 2 nitrogen and oxygen atoms in total. The third-order valence-corrected chi connectivity index (χ3v) is 3.30. The number of hydrogen-bond acceptors (Lipinski definition) is 3. The molecule has 2 aromatic rings. The fraction of sp³-hybridized carbons (Fsp3) is 0.364. The Hall–Kier alpha value is -1.16. The molecule has 0 saturated heterocycles. The number of aromatic nitrogens is 1. The van der Waals surface area contributed by atoms with Crippen LogP contribution >= 0.6 is 11.3 Å². The molecule has 0 aliphatic carbocycles. The summed E-state index contributed by atoms with van der Waals surface area (Å²) >= 11 is 1.56. The molecule has 2 rings (SSSR count). The van der Waals surface area contributed by atoms with E-state index in [1.165, 1.54) is 12.1 Å². The summed E-state index contributed by atoms with van der Waals surface area (Å²) in [6, 6.07) is 5.10. The van der Waals surface area contributed by atoms with Crippen LogP contribution in [-0.2, 0) is 0 Å².